The van der Waals surface area contributed by atoms with E-state index in [1.54, 1.807) is 12.1 Å². The molecule has 0 radical (unpaired) electrons. The second-order valence-corrected chi connectivity index (χ2v) is 5.94. The van der Waals surface area contributed by atoms with Gasteiger partial charge in [0, 0.05) is 18.2 Å². The van der Waals surface area contributed by atoms with Gasteiger partial charge in [0.15, 0.2) is 0 Å². The highest BCUT2D eigenvalue weighted by molar-refractivity contribution is 5.94. The van der Waals surface area contributed by atoms with Gasteiger partial charge in [0.1, 0.15) is 5.75 Å². The molecule has 0 aliphatic heterocycles. The van der Waals surface area contributed by atoms with E-state index in [9.17, 15) is 4.79 Å². The third-order valence-electron chi connectivity index (χ3n) is 3.43. The van der Waals surface area contributed by atoms with E-state index in [0.717, 1.165) is 5.75 Å². The molecular weight excluding hydrogens is 288 g/mol. The lowest BCUT2D eigenvalue weighted by atomic mass is 10.1. The predicted molar refractivity (Wildman–Crippen MR) is 87.1 cm³/mol. The van der Waals surface area contributed by atoms with E-state index in [4.69, 9.17) is 10.5 Å². The van der Waals surface area contributed by atoms with Crippen LogP contribution in [0.2, 0.25) is 0 Å². The van der Waals surface area contributed by atoms with Crippen LogP contribution in [0, 0.1) is 11.8 Å². The Labute approximate surface area is 132 Å². The molecule has 0 saturated heterocycles. The van der Waals surface area contributed by atoms with Crippen molar-refractivity contribution in [2.75, 3.05) is 13.2 Å². The van der Waals surface area contributed by atoms with E-state index in [2.05, 4.69) is 19.2 Å². The number of nitrogens with two attached hydrogens (primary N) is 1. The van der Waals surface area contributed by atoms with Crippen molar-refractivity contribution in [2.24, 2.45) is 17.6 Å². The summed E-state index contributed by atoms with van der Waals surface area (Å²) in [7, 11) is 0. The summed E-state index contributed by atoms with van der Waals surface area (Å²) in [6.45, 7) is 5.44. The molecule has 0 bridgehead atoms. The minimum Gasteiger partial charge on any atom is -0.493 e. The van der Waals surface area contributed by atoms with Crippen LogP contribution in [-0.2, 0) is 0 Å². The number of hydrogen-bond donors (Lipinski definition) is 2. The Morgan fingerprint density at radius 1 is 1.33 bits per heavy atom. The number of hydrogen-bond acceptors (Lipinski definition) is 3. The van der Waals surface area contributed by atoms with Gasteiger partial charge in [-0.2, -0.15) is 0 Å². The van der Waals surface area contributed by atoms with Gasteiger partial charge in [0.05, 0.1) is 6.61 Å². The van der Waals surface area contributed by atoms with E-state index in [1.807, 2.05) is 12.1 Å². The minimum absolute atomic E-state index is 0. The largest absolute Gasteiger partial charge is 0.493 e. The number of amides is 1. The lowest BCUT2D eigenvalue weighted by Gasteiger charge is -2.12. The van der Waals surface area contributed by atoms with Crippen LogP contribution in [0.4, 0.5) is 0 Å². The van der Waals surface area contributed by atoms with Gasteiger partial charge < -0.3 is 15.8 Å². The SMILES string of the molecule is CC(C)COc1ccc(C(=O)NCC(N)C2CC2)cc1.Cl. The maximum atomic E-state index is 12.0. The predicted octanol–water partition coefficient (Wildman–Crippen LogP) is 2.61. The van der Waals surface area contributed by atoms with E-state index >= 15 is 0 Å². The molecule has 1 aromatic carbocycles. The highest BCUT2D eigenvalue weighted by Crippen LogP contribution is 2.31. The number of ether oxygens (including phenoxy) is 1. The van der Waals surface area contributed by atoms with Crippen molar-refractivity contribution in [1.29, 1.82) is 0 Å². The molecule has 1 unspecified atom stereocenters. The summed E-state index contributed by atoms with van der Waals surface area (Å²) >= 11 is 0. The van der Waals surface area contributed by atoms with Crippen LogP contribution in [0.5, 0.6) is 5.75 Å². The van der Waals surface area contributed by atoms with Crippen LogP contribution >= 0.6 is 12.4 Å². The summed E-state index contributed by atoms with van der Waals surface area (Å²) in [6.07, 6.45) is 2.39. The number of benzene rings is 1. The van der Waals surface area contributed by atoms with Crippen molar-refractivity contribution in [3.8, 4) is 5.75 Å². The lowest BCUT2D eigenvalue weighted by molar-refractivity contribution is 0.0950. The summed E-state index contributed by atoms with van der Waals surface area (Å²) in [6, 6.07) is 7.32. The first-order valence-corrected chi connectivity index (χ1v) is 7.33. The van der Waals surface area contributed by atoms with Crippen molar-refractivity contribution in [1.82, 2.24) is 5.32 Å². The molecule has 1 atom stereocenters. The van der Waals surface area contributed by atoms with Gasteiger partial charge in [-0.3, -0.25) is 4.79 Å². The zero-order chi connectivity index (χ0) is 14.5. The van der Waals surface area contributed by atoms with Crippen molar-refractivity contribution < 1.29 is 9.53 Å². The highest BCUT2D eigenvalue weighted by atomic mass is 35.5. The molecule has 21 heavy (non-hydrogen) atoms. The first kappa shape index (κ1) is 17.8. The van der Waals surface area contributed by atoms with Gasteiger partial charge in [0.25, 0.3) is 5.91 Å². The molecule has 1 amide bonds. The maximum Gasteiger partial charge on any atom is 0.251 e. The molecule has 1 saturated carbocycles. The summed E-state index contributed by atoms with van der Waals surface area (Å²) in [5.41, 5.74) is 6.61. The number of carbonyl (C=O) groups is 1. The normalized spacial score (nSPS) is 15.2. The summed E-state index contributed by atoms with van der Waals surface area (Å²) in [4.78, 5) is 12.0. The van der Waals surface area contributed by atoms with Crippen LogP contribution < -0.4 is 15.8 Å². The Hall–Kier alpha value is -1.26. The number of nitrogens with one attached hydrogen (secondary N) is 1. The standard InChI is InChI=1S/C16H24N2O2.ClH/c1-11(2)10-20-14-7-5-13(6-8-14)16(19)18-9-15(17)12-3-4-12;/h5-8,11-12,15H,3-4,9-10,17H2,1-2H3,(H,18,19);1H. The molecule has 2 rings (SSSR count). The minimum atomic E-state index is -0.0727. The summed E-state index contributed by atoms with van der Waals surface area (Å²) in [5, 5.41) is 2.88. The van der Waals surface area contributed by atoms with E-state index in [0.29, 0.717) is 30.6 Å². The first-order chi connectivity index (χ1) is 9.56. The fraction of sp³-hybridized carbons (Fsp3) is 0.562. The lowest BCUT2D eigenvalue weighted by Crippen LogP contribution is -2.38. The Bertz CT molecular complexity index is 444. The van der Waals surface area contributed by atoms with Gasteiger partial charge in [-0.05, 0) is 48.9 Å². The third-order valence-corrected chi connectivity index (χ3v) is 3.43. The van der Waals surface area contributed by atoms with Crippen LogP contribution in [-0.4, -0.2) is 25.1 Å². The maximum absolute atomic E-state index is 12.0. The van der Waals surface area contributed by atoms with Crippen molar-refractivity contribution in [3.63, 3.8) is 0 Å². The second-order valence-electron chi connectivity index (χ2n) is 5.94. The summed E-state index contributed by atoms with van der Waals surface area (Å²) in [5.74, 6) is 1.81. The zero-order valence-corrected chi connectivity index (χ0v) is 13.5. The Morgan fingerprint density at radius 2 is 1.95 bits per heavy atom. The highest BCUT2D eigenvalue weighted by Gasteiger charge is 2.28. The quantitative estimate of drug-likeness (QED) is 0.813. The fourth-order valence-corrected chi connectivity index (χ4v) is 1.97. The van der Waals surface area contributed by atoms with Crippen LogP contribution in [0.3, 0.4) is 0 Å². The Balaban J connectivity index is 0.00000220. The molecule has 0 aromatic heterocycles. The van der Waals surface area contributed by atoms with Gasteiger partial charge in [-0.15, -0.1) is 12.4 Å². The van der Waals surface area contributed by atoms with Crippen molar-refractivity contribution in [2.45, 2.75) is 32.7 Å². The third kappa shape index (κ3) is 5.94. The molecule has 118 valence electrons. The molecule has 3 N–H and O–H groups in total. The first-order valence-electron chi connectivity index (χ1n) is 7.33. The van der Waals surface area contributed by atoms with Gasteiger partial charge in [-0.25, -0.2) is 0 Å². The zero-order valence-electron chi connectivity index (χ0n) is 12.7. The number of halogens is 1. The molecular formula is C16H25ClN2O2. The average molecular weight is 313 g/mol. The van der Waals surface area contributed by atoms with Gasteiger partial charge in [-0.1, -0.05) is 13.8 Å². The Kier molecular flexibility index (Phi) is 6.99. The Morgan fingerprint density at radius 3 is 2.48 bits per heavy atom. The van der Waals surface area contributed by atoms with E-state index in [-0.39, 0.29) is 24.4 Å². The van der Waals surface area contributed by atoms with E-state index < -0.39 is 0 Å². The smallest absolute Gasteiger partial charge is 0.251 e. The molecule has 1 aromatic rings. The molecule has 4 nitrogen and oxygen atoms in total. The molecule has 1 fully saturated rings. The summed E-state index contributed by atoms with van der Waals surface area (Å²) < 4.78 is 5.59. The van der Waals surface area contributed by atoms with Crippen LogP contribution in [0.1, 0.15) is 37.0 Å². The molecule has 1 aliphatic rings. The van der Waals surface area contributed by atoms with Crippen LogP contribution in [0.15, 0.2) is 24.3 Å². The molecule has 0 heterocycles. The van der Waals surface area contributed by atoms with Gasteiger partial charge in [0.2, 0.25) is 0 Å². The number of carbonyl (C=O) groups excluding carboxylic acids is 1. The monoisotopic (exact) mass is 312 g/mol. The topological polar surface area (TPSA) is 64.3 Å². The average Bonchev–Trinajstić information content (AvgIpc) is 3.27. The number of rotatable bonds is 7. The second kappa shape index (κ2) is 8.25. The van der Waals surface area contributed by atoms with Gasteiger partial charge >= 0.3 is 0 Å². The van der Waals surface area contributed by atoms with Crippen molar-refractivity contribution >= 4 is 18.3 Å². The molecule has 0 spiro atoms. The van der Waals surface area contributed by atoms with E-state index in [1.165, 1.54) is 12.8 Å². The van der Waals surface area contributed by atoms with Crippen LogP contribution in [0.25, 0.3) is 0 Å². The molecule has 5 heteroatoms. The van der Waals surface area contributed by atoms with Crippen molar-refractivity contribution in [3.05, 3.63) is 29.8 Å². The molecule has 1 aliphatic carbocycles. The fourth-order valence-electron chi connectivity index (χ4n) is 1.97.